The van der Waals surface area contributed by atoms with Crippen molar-refractivity contribution in [3.63, 3.8) is 0 Å². The van der Waals surface area contributed by atoms with Crippen LogP contribution in [-0.2, 0) is 19.5 Å². The van der Waals surface area contributed by atoms with Crippen LogP contribution >= 0.6 is 0 Å². The lowest BCUT2D eigenvalue weighted by Crippen LogP contribution is -2.48. The highest BCUT2D eigenvalue weighted by Gasteiger charge is 2.40. The molecule has 132 valence electrons. The summed E-state index contributed by atoms with van der Waals surface area (Å²) < 4.78 is 0. The van der Waals surface area contributed by atoms with Gasteiger partial charge < -0.3 is 4.98 Å². The van der Waals surface area contributed by atoms with Gasteiger partial charge in [-0.3, -0.25) is 4.90 Å². The second-order valence-electron chi connectivity index (χ2n) is 7.91. The molecule has 0 saturated carbocycles. The fraction of sp³-hybridized carbons (Fsp3) is 0.200. The van der Waals surface area contributed by atoms with E-state index in [1.807, 2.05) is 0 Å². The largest absolute Gasteiger partial charge is 0.361 e. The van der Waals surface area contributed by atoms with Crippen LogP contribution in [0.15, 0.2) is 79.0 Å². The van der Waals surface area contributed by atoms with E-state index >= 15 is 0 Å². The molecule has 0 spiro atoms. The Morgan fingerprint density at radius 2 is 1.41 bits per heavy atom. The van der Waals surface area contributed by atoms with Crippen molar-refractivity contribution in [1.29, 1.82) is 0 Å². The van der Waals surface area contributed by atoms with E-state index in [0.717, 1.165) is 19.5 Å². The number of benzene rings is 3. The zero-order valence-electron chi connectivity index (χ0n) is 15.2. The first-order valence-corrected chi connectivity index (χ1v) is 9.83. The third kappa shape index (κ3) is 2.30. The van der Waals surface area contributed by atoms with Gasteiger partial charge in [-0.2, -0.15) is 0 Å². The van der Waals surface area contributed by atoms with Gasteiger partial charge in [-0.05, 0) is 40.3 Å². The molecule has 2 heteroatoms. The van der Waals surface area contributed by atoms with Crippen LogP contribution in [0.5, 0.6) is 0 Å². The van der Waals surface area contributed by atoms with Crippen LogP contribution in [0.4, 0.5) is 0 Å². The number of nitrogens with zero attached hydrogens (tertiary/aromatic N) is 1. The number of nitrogens with one attached hydrogen (secondary N) is 1. The van der Waals surface area contributed by atoms with Gasteiger partial charge in [0.1, 0.15) is 0 Å². The van der Waals surface area contributed by atoms with Crippen LogP contribution in [0, 0.1) is 0 Å². The van der Waals surface area contributed by atoms with E-state index in [1.54, 1.807) is 0 Å². The molecule has 4 aromatic rings. The quantitative estimate of drug-likeness (QED) is 0.524. The molecule has 27 heavy (non-hydrogen) atoms. The number of aromatic amines is 1. The first-order chi connectivity index (χ1) is 13.4. The van der Waals surface area contributed by atoms with Gasteiger partial charge in [0.05, 0.1) is 0 Å². The van der Waals surface area contributed by atoms with E-state index < -0.39 is 0 Å². The van der Waals surface area contributed by atoms with Gasteiger partial charge in [-0.1, -0.05) is 66.7 Å². The van der Waals surface area contributed by atoms with Crippen LogP contribution in [0.25, 0.3) is 10.9 Å². The number of fused-ring (bicyclic) bond motifs is 7. The molecule has 0 amide bonds. The van der Waals surface area contributed by atoms with Crippen molar-refractivity contribution in [3.8, 4) is 0 Å². The van der Waals surface area contributed by atoms with Crippen molar-refractivity contribution < 1.29 is 0 Å². The maximum atomic E-state index is 3.46. The molecule has 2 aliphatic rings. The van der Waals surface area contributed by atoms with Crippen LogP contribution in [0.1, 0.15) is 33.7 Å². The van der Waals surface area contributed by atoms with E-state index in [2.05, 4.69) is 88.9 Å². The molecule has 2 aliphatic heterocycles. The minimum atomic E-state index is 0.452. The number of aromatic nitrogens is 1. The molecular formula is C25H22N2. The summed E-state index contributed by atoms with van der Waals surface area (Å²) in [5, 5.41) is 1.36. The summed E-state index contributed by atoms with van der Waals surface area (Å²) >= 11 is 0. The van der Waals surface area contributed by atoms with Gasteiger partial charge in [-0.15, -0.1) is 0 Å². The number of H-pyrrole nitrogens is 1. The van der Waals surface area contributed by atoms with Gasteiger partial charge in [0.25, 0.3) is 0 Å². The molecule has 0 saturated heterocycles. The Labute approximate surface area is 159 Å². The molecule has 3 aromatic carbocycles. The van der Waals surface area contributed by atoms with Gasteiger partial charge in [0.2, 0.25) is 0 Å². The highest BCUT2D eigenvalue weighted by molar-refractivity contribution is 5.83. The van der Waals surface area contributed by atoms with Crippen LogP contribution in [-0.4, -0.2) is 15.9 Å². The van der Waals surface area contributed by atoms with Gasteiger partial charge in [0.15, 0.2) is 0 Å². The highest BCUT2D eigenvalue weighted by atomic mass is 15.2. The predicted octanol–water partition coefficient (Wildman–Crippen LogP) is 5.24. The highest BCUT2D eigenvalue weighted by Crippen LogP contribution is 2.45. The predicted molar refractivity (Wildman–Crippen MR) is 110 cm³/mol. The Balaban J connectivity index is 1.49. The van der Waals surface area contributed by atoms with Crippen LogP contribution in [0.3, 0.4) is 0 Å². The Hall–Kier alpha value is -2.84. The summed E-state index contributed by atoms with van der Waals surface area (Å²) in [4.78, 5) is 6.15. The fourth-order valence-corrected chi connectivity index (χ4v) is 5.26. The standard InChI is InChI=1S/C25H22N2/c1-3-10-21-17(7-1)15-27-16-18-8-2-4-11-22(18)25(21)24(27)13-19-14-26-23-12-6-5-9-20(19)23/h1-12,14,24-26H,13,15-16H2/t24-/m0/s1. The van der Waals surface area contributed by atoms with E-state index in [4.69, 9.17) is 0 Å². The molecule has 2 bridgehead atoms. The van der Waals surface area contributed by atoms with Crippen molar-refractivity contribution in [3.05, 3.63) is 107 Å². The van der Waals surface area contributed by atoms with Gasteiger partial charge in [0, 0.05) is 42.1 Å². The molecule has 3 heterocycles. The van der Waals surface area contributed by atoms with E-state index in [0.29, 0.717) is 12.0 Å². The summed E-state index contributed by atoms with van der Waals surface area (Å²) in [5.41, 5.74) is 8.70. The fourth-order valence-electron chi connectivity index (χ4n) is 5.26. The summed E-state index contributed by atoms with van der Waals surface area (Å²) in [6, 6.07) is 27.3. The molecule has 0 radical (unpaired) electrons. The monoisotopic (exact) mass is 350 g/mol. The lowest BCUT2D eigenvalue weighted by molar-refractivity contribution is 0.131. The number of hydrogen-bond donors (Lipinski definition) is 1. The Bertz CT molecular complexity index is 1090. The normalized spacial score (nSPS) is 23.0. The van der Waals surface area contributed by atoms with Gasteiger partial charge in [-0.25, -0.2) is 0 Å². The third-order valence-electron chi connectivity index (χ3n) is 6.48. The SMILES string of the molecule is c1ccc2c(c1)CN1Cc3ccccc3C2[C@@H]1Cc1c[nH]c2ccccc12. The van der Waals surface area contributed by atoms with Gasteiger partial charge >= 0.3 is 0 Å². The summed E-state index contributed by atoms with van der Waals surface area (Å²) in [6.07, 6.45) is 3.30. The average Bonchev–Trinajstić information content (AvgIpc) is 3.11. The van der Waals surface area contributed by atoms with Crippen molar-refractivity contribution in [1.82, 2.24) is 9.88 Å². The topological polar surface area (TPSA) is 19.0 Å². The second-order valence-corrected chi connectivity index (χ2v) is 7.91. The number of hydrogen-bond acceptors (Lipinski definition) is 1. The molecule has 1 aromatic heterocycles. The number of rotatable bonds is 2. The number of para-hydroxylation sites is 1. The minimum absolute atomic E-state index is 0.452. The Morgan fingerprint density at radius 3 is 2.15 bits per heavy atom. The van der Waals surface area contributed by atoms with Crippen LogP contribution in [0.2, 0.25) is 0 Å². The lowest BCUT2D eigenvalue weighted by atomic mass is 9.72. The minimum Gasteiger partial charge on any atom is -0.361 e. The Morgan fingerprint density at radius 1 is 0.778 bits per heavy atom. The average molecular weight is 350 g/mol. The zero-order chi connectivity index (χ0) is 17.8. The van der Waals surface area contributed by atoms with Crippen molar-refractivity contribution in [2.24, 2.45) is 0 Å². The van der Waals surface area contributed by atoms with Crippen molar-refractivity contribution in [2.75, 3.05) is 0 Å². The van der Waals surface area contributed by atoms with E-state index in [1.165, 1.54) is 38.7 Å². The molecule has 2 nitrogen and oxygen atoms in total. The smallest absolute Gasteiger partial charge is 0.0456 e. The third-order valence-corrected chi connectivity index (χ3v) is 6.48. The lowest BCUT2D eigenvalue weighted by Gasteiger charge is -2.47. The maximum absolute atomic E-state index is 3.46. The molecule has 6 rings (SSSR count). The first-order valence-electron chi connectivity index (χ1n) is 9.83. The van der Waals surface area contributed by atoms with Crippen molar-refractivity contribution >= 4 is 10.9 Å². The maximum Gasteiger partial charge on any atom is 0.0456 e. The van der Waals surface area contributed by atoms with E-state index in [-0.39, 0.29) is 0 Å². The zero-order valence-corrected chi connectivity index (χ0v) is 15.2. The first kappa shape index (κ1) is 15.2. The van der Waals surface area contributed by atoms with E-state index in [9.17, 15) is 0 Å². The molecule has 0 unspecified atom stereocenters. The Kier molecular flexibility index (Phi) is 3.29. The molecule has 1 atom stereocenters. The molecule has 1 N–H and O–H groups in total. The molecule has 0 fully saturated rings. The second kappa shape index (κ2) is 5.83. The van der Waals surface area contributed by atoms with Crippen molar-refractivity contribution in [2.45, 2.75) is 31.5 Å². The summed E-state index contributed by atoms with van der Waals surface area (Å²) in [5.74, 6) is 0.452. The molecule has 0 aliphatic carbocycles. The van der Waals surface area contributed by atoms with Crippen LogP contribution < -0.4 is 0 Å². The summed E-state index contributed by atoms with van der Waals surface area (Å²) in [6.45, 7) is 2.10. The summed E-state index contributed by atoms with van der Waals surface area (Å²) in [7, 11) is 0. The molecular weight excluding hydrogens is 328 g/mol.